The summed E-state index contributed by atoms with van der Waals surface area (Å²) in [5.41, 5.74) is 6.91. The van der Waals surface area contributed by atoms with Gasteiger partial charge in [0.2, 0.25) is 0 Å². The summed E-state index contributed by atoms with van der Waals surface area (Å²) in [6.07, 6.45) is 3.69. The first-order valence-electron chi connectivity index (χ1n) is 5.73. The first kappa shape index (κ1) is 11.0. The highest BCUT2D eigenvalue weighted by Crippen LogP contribution is 2.21. The van der Waals surface area contributed by atoms with Crippen LogP contribution in [0.1, 0.15) is 35.3 Å². The lowest BCUT2D eigenvalue weighted by atomic mass is 10.3. The third-order valence-electron chi connectivity index (χ3n) is 2.90. The Morgan fingerprint density at radius 2 is 2.13 bits per heavy atom. The molecule has 0 amide bonds. The fourth-order valence-corrected chi connectivity index (χ4v) is 3.15. The minimum absolute atomic E-state index is 0.640. The van der Waals surface area contributed by atoms with Crippen molar-refractivity contribution in [1.29, 1.82) is 0 Å². The standard InChI is InChI=1S/C11H19N3S/c1-2-9-10(7-12)15-11(13-9)8-14-5-3-4-6-14/h2-8,12H2,1H3. The van der Waals surface area contributed by atoms with E-state index in [-0.39, 0.29) is 0 Å². The number of aromatic nitrogens is 1. The second-order valence-corrected chi connectivity index (χ2v) is 5.19. The van der Waals surface area contributed by atoms with Crippen LogP contribution >= 0.6 is 11.3 Å². The van der Waals surface area contributed by atoms with Gasteiger partial charge in [-0.3, -0.25) is 4.90 Å². The maximum Gasteiger partial charge on any atom is 0.107 e. The van der Waals surface area contributed by atoms with Crippen LogP contribution in [0.5, 0.6) is 0 Å². The molecular formula is C11H19N3S. The molecule has 4 heteroatoms. The Morgan fingerprint density at radius 3 is 2.67 bits per heavy atom. The van der Waals surface area contributed by atoms with E-state index in [9.17, 15) is 0 Å². The predicted octanol–water partition coefficient (Wildman–Crippen LogP) is 1.76. The summed E-state index contributed by atoms with van der Waals surface area (Å²) < 4.78 is 0. The summed E-state index contributed by atoms with van der Waals surface area (Å²) in [5.74, 6) is 0. The summed E-state index contributed by atoms with van der Waals surface area (Å²) in [4.78, 5) is 8.41. The fraction of sp³-hybridized carbons (Fsp3) is 0.727. The van der Waals surface area contributed by atoms with Gasteiger partial charge in [-0.25, -0.2) is 4.98 Å². The number of likely N-dealkylation sites (tertiary alicyclic amines) is 1. The molecule has 0 aromatic carbocycles. The van der Waals surface area contributed by atoms with Crippen molar-refractivity contribution in [2.24, 2.45) is 5.73 Å². The largest absolute Gasteiger partial charge is 0.326 e. The van der Waals surface area contributed by atoms with Gasteiger partial charge in [-0.15, -0.1) is 11.3 Å². The number of hydrogen-bond donors (Lipinski definition) is 1. The molecule has 1 aromatic rings. The molecule has 2 rings (SSSR count). The van der Waals surface area contributed by atoms with Gasteiger partial charge < -0.3 is 5.73 Å². The summed E-state index contributed by atoms with van der Waals surface area (Å²) in [6, 6.07) is 0. The first-order valence-corrected chi connectivity index (χ1v) is 6.55. The zero-order valence-electron chi connectivity index (χ0n) is 9.33. The van der Waals surface area contributed by atoms with E-state index in [1.165, 1.54) is 41.5 Å². The Morgan fingerprint density at radius 1 is 1.40 bits per heavy atom. The van der Waals surface area contributed by atoms with E-state index >= 15 is 0 Å². The zero-order valence-corrected chi connectivity index (χ0v) is 10.1. The summed E-state index contributed by atoms with van der Waals surface area (Å²) in [6.45, 7) is 6.28. The van der Waals surface area contributed by atoms with E-state index < -0.39 is 0 Å². The molecule has 3 nitrogen and oxygen atoms in total. The van der Waals surface area contributed by atoms with Gasteiger partial charge in [0.15, 0.2) is 0 Å². The summed E-state index contributed by atoms with van der Waals surface area (Å²) in [5, 5.41) is 1.24. The number of rotatable bonds is 4. The average Bonchev–Trinajstić information content (AvgIpc) is 2.87. The molecule has 15 heavy (non-hydrogen) atoms. The van der Waals surface area contributed by atoms with E-state index in [1.54, 1.807) is 11.3 Å². The second kappa shape index (κ2) is 5.05. The molecule has 1 aromatic heterocycles. The van der Waals surface area contributed by atoms with Crippen molar-refractivity contribution in [2.75, 3.05) is 13.1 Å². The van der Waals surface area contributed by atoms with Crippen molar-refractivity contribution < 1.29 is 0 Å². The minimum atomic E-state index is 0.640. The molecule has 1 saturated heterocycles. The lowest BCUT2D eigenvalue weighted by Crippen LogP contribution is -2.18. The molecule has 84 valence electrons. The van der Waals surface area contributed by atoms with Gasteiger partial charge in [-0.1, -0.05) is 6.92 Å². The molecule has 2 heterocycles. The molecule has 0 spiro atoms. The van der Waals surface area contributed by atoms with Crippen molar-refractivity contribution in [3.8, 4) is 0 Å². The molecule has 0 bridgehead atoms. The van der Waals surface area contributed by atoms with E-state index in [4.69, 9.17) is 5.73 Å². The van der Waals surface area contributed by atoms with E-state index in [1.807, 2.05) is 0 Å². The topological polar surface area (TPSA) is 42.2 Å². The third kappa shape index (κ3) is 2.56. The van der Waals surface area contributed by atoms with Crippen molar-refractivity contribution >= 4 is 11.3 Å². The highest BCUT2D eigenvalue weighted by Gasteiger charge is 2.15. The number of aryl methyl sites for hydroxylation is 1. The van der Waals surface area contributed by atoms with Crippen molar-refractivity contribution in [3.05, 3.63) is 15.6 Å². The average molecular weight is 225 g/mol. The fourth-order valence-electron chi connectivity index (χ4n) is 2.07. The van der Waals surface area contributed by atoms with Gasteiger partial charge >= 0.3 is 0 Å². The Bertz CT molecular complexity index is 294. The molecule has 0 unspecified atom stereocenters. The van der Waals surface area contributed by atoms with Crippen molar-refractivity contribution in [3.63, 3.8) is 0 Å². The van der Waals surface area contributed by atoms with Crippen molar-refractivity contribution in [2.45, 2.75) is 39.3 Å². The normalized spacial score (nSPS) is 17.5. The molecule has 0 radical (unpaired) electrons. The molecule has 0 aliphatic carbocycles. The molecular weight excluding hydrogens is 206 g/mol. The molecule has 2 N–H and O–H groups in total. The molecule has 0 atom stereocenters. The van der Waals surface area contributed by atoms with E-state index in [0.29, 0.717) is 6.54 Å². The molecule has 1 aliphatic rings. The van der Waals surface area contributed by atoms with Crippen LogP contribution in [0.2, 0.25) is 0 Å². The van der Waals surface area contributed by atoms with Crippen LogP contribution < -0.4 is 5.73 Å². The Labute approximate surface area is 95.3 Å². The third-order valence-corrected chi connectivity index (χ3v) is 4.01. The smallest absolute Gasteiger partial charge is 0.107 e. The SMILES string of the molecule is CCc1nc(CN2CCCC2)sc1CN. The van der Waals surface area contributed by atoms with Crippen LogP contribution in [-0.4, -0.2) is 23.0 Å². The molecule has 0 saturated carbocycles. The van der Waals surface area contributed by atoms with Gasteiger partial charge in [-0.2, -0.15) is 0 Å². The maximum absolute atomic E-state index is 5.70. The Hall–Kier alpha value is -0.450. The number of hydrogen-bond acceptors (Lipinski definition) is 4. The lowest BCUT2D eigenvalue weighted by molar-refractivity contribution is 0.330. The number of nitrogens with two attached hydrogens (primary N) is 1. The highest BCUT2D eigenvalue weighted by atomic mass is 32.1. The number of thiazole rings is 1. The van der Waals surface area contributed by atoms with Gasteiger partial charge in [0.25, 0.3) is 0 Å². The molecule has 1 fully saturated rings. The van der Waals surface area contributed by atoms with Crippen LogP contribution in [-0.2, 0) is 19.5 Å². The van der Waals surface area contributed by atoms with Gasteiger partial charge in [0.1, 0.15) is 5.01 Å². The van der Waals surface area contributed by atoms with Crippen molar-refractivity contribution in [1.82, 2.24) is 9.88 Å². The summed E-state index contributed by atoms with van der Waals surface area (Å²) >= 11 is 1.79. The monoisotopic (exact) mass is 225 g/mol. The van der Waals surface area contributed by atoms with Gasteiger partial charge in [0.05, 0.1) is 12.2 Å². The Balaban J connectivity index is 2.04. The minimum Gasteiger partial charge on any atom is -0.326 e. The first-order chi connectivity index (χ1) is 7.33. The van der Waals surface area contributed by atoms with Crippen LogP contribution in [0.4, 0.5) is 0 Å². The second-order valence-electron chi connectivity index (χ2n) is 4.02. The number of nitrogens with zero attached hydrogens (tertiary/aromatic N) is 2. The predicted molar refractivity (Wildman–Crippen MR) is 63.9 cm³/mol. The van der Waals surface area contributed by atoms with Crippen LogP contribution in [0.15, 0.2) is 0 Å². The quantitative estimate of drug-likeness (QED) is 0.849. The maximum atomic E-state index is 5.70. The van der Waals surface area contributed by atoms with Gasteiger partial charge in [-0.05, 0) is 32.4 Å². The molecule has 1 aliphatic heterocycles. The van der Waals surface area contributed by atoms with Gasteiger partial charge in [0, 0.05) is 11.4 Å². The Kier molecular flexibility index (Phi) is 3.72. The summed E-state index contributed by atoms with van der Waals surface area (Å²) in [7, 11) is 0. The van der Waals surface area contributed by atoms with Crippen LogP contribution in [0.3, 0.4) is 0 Å². The lowest BCUT2D eigenvalue weighted by Gasteiger charge is -2.11. The van der Waals surface area contributed by atoms with E-state index in [2.05, 4.69) is 16.8 Å². The highest BCUT2D eigenvalue weighted by molar-refractivity contribution is 7.11. The zero-order chi connectivity index (χ0) is 10.7. The van der Waals surface area contributed by atoms with Crippen LogP contribution in [0.25, 0.3) is 0 Å². The van der Waals surface area contributed by atoms with Crippen LogP contribution in [0, 0.1) is 0 Å². The van der Waals surface area contributed by atoms with E-state index in [0.717, 1.165) is 13.0 Å².